The minimum absolute atomic E-state index is 0.104. The van der Waals surface area contributed by atoms with Gasteiger partial charge in [0.15, 0.2) is 0 Å². The van der Waals surface area contributed by atoms with Crippen molar-refractivity contribution >= 4 is 22.4 Å². The second-order valence-electron chi connectivity index (χ2n) is 7.18. The Kier molecular flexibility index (Phi) is 6.60. The molecule has 0 spiro atoms. The lowest BCUT2D eigenvalue weighted by molar-refractivity contribution is -0.115. The van der Waals surface area contributed by atoms with Crippen molar-refractivity contribution < 1.29 is 13.7 Å². The highest BCUT2D eigenvalue weighted by atomic mass is 32.2. The summed E-state index contributed by atoms with van der Waals surface area (Å²) in [7, 11) is -0.934. The summed E-state index contributed by atoms with van der Waals surface area (Å²) < 4.78 is 19.5. The van der Waals surface area contributed by atoms with E-state index in [0.717, 1.165) is 29.7 Å². The summed E-state index contributed by atoms with van der Waals surface area (Å²) in [5.74, 6) is 0.389. The Labute approximate surface area is 177 Å². The number of nitrogens with one attached hydrogen (secondary N) is 1. The summed E-state index contributed by atoms with van der Waals surface area (Å²) >= 11 is 0. The van der Waals surface area contributed by atoms with Crippen LogP contribution in [0.15, 0.2) is 54.9 Å². The van der Waals surface area contributed by atoms with Crippen molar-refractivity contribution in [2.75, 3.05) is 18.5 Å². The van der Waals surface area contributed by atoms with E-state index < -0.39 is 10.8 Å². The number of anilines is 1. The second-order valence-corrected chi connectivity index (χ2v) is 8.90. The number of hydrogen-bond acceptors (Lipinski definition) is 6. The third-order valence-electron chi connectivity index (χ3n) is 4.97. The number of tetrazole rings is 1. The van der Waals surface area contributed by atoms with Gasteiger partial charge in [0.05, 0.1) is 12.1 Å². The van der Waals surface area contributed by atoms with E-state index in [1.807, 2.05) is 48.5 Å². The fourth-order valence-corrected chi connectivity index (χ4v) is 4.86. The monoisotopic (exact) mass is 425 g/mol. The van der Waals surface area contributed by atoms with Crippen molar-refractivity contribution in [1.82, 2.24) is 20.2 Å². The predicted molar refractivity (Wildman–Crippen MR) is 114 cm³/mol. The van der Waals surface area contributed by atoms with E-state index in [9.17, 15) is 9.00 Å². The van der Waals surface area contributed by atoms with Gasteiger partial charge in [0.2, 0.25) is 5.91 Å². The van der Waals surface area contributed by atoms with E-state index >= 15 is 0 Å². The van der Waals surface area contributed by atoms with E-state index in [4.69, 9.17) is 4.74 Å². The van der Waals surface area contributed by atoms with Crippen LogP contribution in [-0.4, -0.2) is 48.8 Å². The summed E-state index contributed by atoms with van der Waals surface area (Å²) in [5, 5.41) is 14.2. The van der Waals surface area contributed by atoms with Crippen LogP contribution >= 0.6 is 0 Å². The lowest BCUT2D eigenvalue weighted by atomic mass is 10.1. The fourth-order valence-electron chi connectivity index (χ4n) is 3.40. The summed E-state index contributed by atoms with van der Waals surface area (Å²) in [6.07, 6.45) is 3.46. The first-order chi connectivity index (χ1) is 14.7. The lowest BCUT2D eigenvalue weighted by Gasteiger charge is -2.21. The third kappa shape index (κ3) is 5.37. The number of amides is 1. The molecule has 2 heterocycles. The number of hydrogen-bond donors (Lipinski definition) is 1. The first kappa shape index (κ1) is 20.4. The average molecular weight is 426 g/mol. The van der Waals surface area contributed by atoms with E-state index in [1.165, 1.54) is 6.33 Å². The molecule has 0 radical (unpaired) electrons. The van der Waals surface area contributed by atoms with Gasteiger partial charge in [-0.05, 0) is 58.7 Å². The molecule has 4 rings (SSSR count). The standard InChI is InChI=1S/C21H23N5O3S/c27-21(13-16-4-6-19(7-5-16)26-15-22-24-25-26)23-18-3-1-2-17(12-18)14-30(28)20-8-10-29-11-9-20/h1-7,12,15,20H,8-11,13-14H2,(H,23,27). The van der Waals surface area contributed by atoms with Gasteiger partial charge in [-0.3, -0.25) is 9.00 Å². The summed E-state index contributed by atoms with van der Waals surface area (Å²) in [4.78, 5) is 12.5. The highest BCUT2D eigenvalue weighted by Crippen LogP contribution is 2.19. The van der Waals surface area contributed by atoms with E-state index in [-0.39, 0.29) is 17.6 Å². The maximum Gasteiger partial charge on any atom is 0.228 e. The maximum atomic E-state index is 12.6. The van der Waals surface area contributed by atoms with Gasteiger partial charge in [-0.25, -0.2) is 4.68 Å². The second kappa shape index (κ2) is 9.73. The van der Waals surface area contributed by atoms with Crippen molar-refractivity contribution in [1.29, 1.82) is 0 Å². The van der Waals surface area contributed by atoms with Crippen LogP contribution in [0.25, 0.3) is 5.69 Å². The molecular weight excluding hydrogens is 402 g/mol. The highest BCUT2D eigenvalue weighted by Gasteiger charge is 2.20. The zero-order valence-electron chi connectivity index (χ0n) is 16.4. The first-order valence-electron chi connectivity index (χ1n) is 9.83. The number of carbonyl (C=O) groups excluding carboxylic acids is 1. The van der Waals surface area contributed by atoms with Gasteiger partial charge in [0, 0.05) is 40.7 Å². The first-order valence-corrected chi connectivity index (χ1v) is 11.2. The van der Waals surface area contributed by atoms with Crippen LogP contribution in [0.1, 0.15) is 24.0 Å². The molecular formula is C21H23N5O3S. The molecule has 1 aliphatic rings. The molecule has 9 heteroatoms. The number of nitrogens with zero attached hydrogens (tertiary/aromatic N) is 4. The molecule has 0 saturated carbocycles. The molecule has 156 valence electrons. The Morgan fingerprint density at radius 2 is 1.93 bits per heavy atom. The lowest BCUT2D eigenvalue weighted by Crippen LogP contribution is -2.25. The zero-order valence-corrected chi connectivity index (χ0v) is 17.3. The molecule has 1 atom stereocenters. The van der Waals surface area contributed by atoms with E-state index in [0.29, 0.717) is 24.7 Å². The number of carbonyl (C=O) groups is 1. The van der Waals surface area contributed by atoms with E-state index in [2.05, 4.69) is 20.8 Å². The molecule has 30 heavy (non-hydrogen) atoms. The van der Waals surface area contributed by atoms with Crippen molar-refractivity contribution in [3.05, 3.63) is 66.0 Å². The Morgan fingerprint density at radius 1 is 1.13 bits per heavy atom. The van der Waals surface area contributed by atoms with Gasteiger partial charge in [-0.1, -0.05) is 24.3 Å². The predicted octanol–water partition coefficient (Wildman–Crippen LogP) is 2.27. The number of aromatic nitrogens is 4. The molecule has 1 amide bonds. The molecule has 1 aromatic heterocycles. The van der Waals surface area contributed by atoms with Crippen molar-refractivity contribution in [2.45, 2.75) is 30.3 Å². The van der Waals surface area contributed by atoms with Crippen LogP contribution < -0.4 is 5.32 Å². The SMILES string of the molecule is O=C(Cc1ccc(-n2cnnn2)cc1)Nc1cccc(CS(=O)C2CCOCC2)c1. The minimum Gasteiger partial charge on any atom is -0.381 e. The third-order valence-corrected chi connectivity index (χ3v) is 6.81. The van der Waals surface area contributed by atoms with Crippen molar-refractivity contribution in [3.8, 4) is 5.69 Å². The summed E-state index contributed by atoms with van der Waals surface area (Å²) in [6, 6.07) is 15.1. The Bertz CT molecular complexity index is 1000. The largest absolute Gasteiger partial charge is 0.381 e. The molecule has 8 nitrogen and oxygen atoms in total. The van der Waals surface area contributed by atoms with Gasteiger partial charge >= 0.3 is 0 Å². The van der Waals surface area contributed by atoms with Crippen LogP contribution in [0.5, 0.6) is 0 Å². The Balaban J connectivity index is 1.33. The van der Waals surface area contributed by atoms with Crippen LogP contribution in [0.3, 0.4) is 0 Å². The minimum atomic E-state index is -0.934. The molecule has 1 N–H and O–H groups in total. The normalized spacial score (nSPS) is 15.6. The number of rotatable bonds is 7. The zero-order chi connectivity index (χ0) is 20.8. The topological polar surface area (TPSA) is 99.0 Å². The van der Waals surface area contributed by atoms with Crippen LogP contribution in [0.2, 0.25) is 0 Å². The van der Waals surface area contributed by atoms with Gasteiger partial charge < -0.3 is 10.1 Å². The van der Waals surface area contributed by atoms with Crippen molar-refractivity contribution in [2.24, 2.45) is 0 Å². The summed E-state index contributed by atoms with van der Waals surface area (Å²) in [6.45, 7) is 1.37. The van der Waals surface area contributed by atoms with Gasteiger partial charge in [-0.15, -0.1) is 5.10 Å². The van der Waals surface area contributed by atoms with Crippen LogP contribution in [0.4, 0.5) is 5.69 Å². The molecule has 0 bridgehead atoms. The number of ether oxygens (including phenoxy) is 1. The van der Waals surface area contributed by atoms with Crippen molar-refractivity contribution in [3.63, 3.8) is 0 Å². The van der Waals surface area contributed by atoms with Gasteiger partial charge in [-0.2, -0.15) is 0 Å². The van der Waals surface area contributed by atoms with Crippen LogP contribution in [-0.2, 0) is 32.5 Å². The van der Waals surface area contributed by atoms with Gasteiger partial charge in [0.25, 0.3) is 0 Å². The molecule has 1 saturated heterocycles. The molecule has 1 unspecified atom stereocenters. The summed E-state index contributed by atoms with van der Waals surface area (Å²) in [5.41, 5.74) is 3.39. The molecule has 0 aliphatic carbocycles. The smallest absolute Gasteiger partial charge is 0.228 e. The molecule has 2 aromatic carbocycles. The quantitative estimate of drug-likeness (QED) is 0.623. The van der Waals surface area contributed by atoms with Gasteiger partial charge in [0.1, 0.15) is 6.33 Å². The highest BCUT2D eigenvalue weighted by molar-refractivity contribution is 7.84. The average Bonchev–Trinajstić information content (AvgIpc) is 3.30. The maximum absolute atomic E-state index is 12.6. The molecule has 1 fully saturated rings. The van der Waals surface area contributed by atoms with Crippen LogP contribution in [0, 0.1) is 0 Å². The van der Waals surface area contributed by atoms with E-state index in [1.54, 1.807) is 4.68 Å². The molecule has 1 aliphatic heterocycles. The number of benzene rings is 2. The Morgan fingerprint density at radius 3 is 2.67 bits per heavy atom. The molecule has 3 aromatic rings. The Hall–Kier alpha value is -2.91. The fraction of sp³-hybridized carbons (Fsp3) is 0.333.